The number of hydrogen-bond acceptors (Lipinski definition) is 3. The van der Waals surface area contributed by atoms with Gasteiger partial charge in [-0.3, -0.25) is 0 Å². The molecule has 48 valence electrons. The summed E-state index contributed by atoms with van der Waals surface area (Å²) in [5.74, 6) is 0. The first-order valence-electron chi connectivity index (χ1n) is 2.50. The fourth-order valence-corrected chi connectivity index (χ4v) is 0.248. The normalized spacial score (nSPS) is 10.2. The molecule has 3 nitrogen and oxygen atoms in total. The maximum atomic E-state index is 4.69. The monoisotopic (exact) mass is 117 g/mol. The third-order valence-corrected chi connectivity index (χ3v) is 0.559. The van der Waals surface area contributed by atoms with Crippen molar-refractivity contribution in [1.82, 2.24) is 0 Å². The summed E-state index contributed by atoms with van der Waals surface area (Å²) in [5.41, 5.74) is 0. The van der Waals surface area contributed by atoms with Crippen molar-refractivity contribution in [2.75, 3.05) is 20.3 Å². The molecule has 0 radical (unpaired) electrons. The highest BCUT2D eigenvalue weighted by Crippen LogP contribution is 1.73. The Bertz CT molecular complexity index is 63.4. The van der Waals surface area contributed by atoms with Crippen molar-refractivity contribution >= 4 is 6.21 Å². The van der Waals surface area contributed by atoms with Crippen LogP contribution in [0.25, 0.3) is 0 Å². The van der Waals surface area contributed by atoms with Gasteiger partial charge in [-0.15, -0.1) is 0 Å². The molecule has 0 amide bonds. The van der Waals surface area contributed by atoms with Gasteiger partial charge in [0, 0.05) is 13.3 Å². The van der Waals surface area contributed by atoms with Crippen LogP contribution in [-0.2, 0) is 9.57 Å². The second-order valence-electron chi connectivity index (χ2n) is 1.19. The molecule has 0 rings (SSSR count). The Morgan fingerprint density at radius 3 is 2.75 bits per heavy atom. The second kappa shape index (κ2) is 6.43. The van der Waals surface area contributed by atoms with Crippen LogP contribution in [0.15, 0.2) is 5.16 Å². The predicted molar refractivity (Wildman–Crippen MR) is 32.0 cm³/mol. The number of hydrogen-bond donors (Lipinski definition) is 0. The fraction of sp³-hybridized carbons (Fsp3) is 0.800. The zero-order valence-corrected chi connectivity index (χ0v) is 5.26. The van der Waals surface area contributed by atoms with Gasteiger partial charge in [0.2, 0.25) is 0 Å². The van der Waals surface area contributed by atoms with Gasteiger partial charge in [0.25, 0.3) is 0 Å². The van der Waals surface area contributed by atoms with Gasteiger partial charge in [-0.05, 0) is 6.92 Å². The molecule has 0 bridgehead atoms. The molecule has 8 heavy (non-hydrogen) atoms. The summed E-state index contributed by atoms with van der Waals surface area (Å²) in [6.07, 6.45) is 1.59. The fourth-order valence-electron chi connectivity index (χ4n) is 0.248. The summed E-state index contributed by atoms with van der Waals surface area (Å²) in [7, 11) is 1.62. The molecule has 0 aliphatic heterocycles. The first kappa shape index (κ1) is 7.43. The van der Waals surface area contributed by atoms with E-state index >= 15 is 0 Å². The maximum Gasteiger partial charge on any atom is 0.140 e. The number of oxime groups is 1. The Labute approximate surface area is 49.3 Å². The molecule has 0 aliphatic rings. The molecule has 0 aromatic carbocycles. The lowest BCUT2D eigenvalue weighted by molar-refractivity contribution is 0.0758. The van der Waals surface area contributed by atoms with E-state index < -0.39 is 0 Å². The van der Waals surface area contributed by atoms with E-state index in [9.17, 15) is 0 Å². The van der Waals surface area contributed by atoms with Crippen molar-refractivity contribution in [3.63, 3.8) is 0 Å². The molecule has 3 heteroatoms. The summed E-state index contributed by atoms with van der Waals surface area (Å²) < 4.78 is 4.69. The van der Waals surface area contributed by atoms with Crippen LogP contribution >= 0.6 is 0 Å². The Morgan fingerprint density at radius 1 is 1.50 bits per heavy atom. The van der Waals surface area contributed by atoms with Crippen molar-refractivity contribution in [2.24, 2.45) is 5.16 Å². The van der Waals surface area contributed by atoms with Crippen LogP contribution in [0.4, 0.5) is 0 Å². The molecule has 0 saturated carbocycles. The molecule has 0 fully saturated rings. The van der Waals surface area contributed by atoms with E-state index in [4.69, 9.17) is 0 Å². The van der Waals surface area contributed by atoms with E-state index in [1.165, 1.54) is 0 Å². The molecule has 0 aromatic heterocycles. The quantitative estimate of drug-likeness (QED) is 0.307. The van der Waals surface area contributed by atoms with Crippen molar-refractivity contribution in [1.29, 1.82) is 0 Å². The Kier molecular flexibility index (Phi) is 5.97. The van der Waals surface area contributed by atoms with E-state index in [0.717, 1.165) is 0 Å². The second-order valence-corrected chi connectivity index (χ2v) is 1.19. The van der Waals surface area contributed by atoms with Gasteiger partial charge in [0.15, 0.2) is 0 Å². The van der Waals surface area contributed by atoms with E-state index in [1.54, 1.807) is 20.2 Å². The number of rotatable bonds is 4. The molecule has 0 spiro atoms. The molecule has 0 unspecified atom stereocenters. The van der Waals surface area contributed by atoms with Crippen molar-refractivity contribution in [3.05, 3.63) is 0 Å². The van der Waals surface area contributed by atoms with Gasteiger partial charge in [-0.25, -0.2) is 0 Å². The van der Waals surface area contributed by atoms with Crippen LogP contribution in [-0.4, -0.2) is 26.5 Å². The third kappa shape index (κ3) is 5.43. The maximum absolute atomic E-state index is 4.69. The van der Waals surface area contributed by atoms with Crippen LogP contribution in [0.5, 0.6) is 0 Å². The molecule has 0 heterocycles. The summed E-state index contributed by atoms with van der Waals surface area (Å²) >= 11 is 0. The lowest BCUT2D eigenvalue weighted by atomic mass is 10.8. The number of ether oxygens (including phenoxy) is 1. The molecule has 0 N–H and O–H groups in total. The smallest absolute Gasteiger partial charge is 0.140 e. The minimum atomic E-state index is 0.529. The third-order valence-electron chi connectivity index (χ3n) is 0.559. The average Bonchev–Trinajstić information content (AvgIpc) is 1.81. The van der Waals surface area contributed by atoms with E-state index in [-0.39, 0.29) is 0 Å². The summed E-state index contributed by atoms with van der Waals surface area (Å²) in [4.78, 5) is 4.67. The average molecular weight is 117 g/mol. The standard InChI is InChI=1S/C5H11NO2/c1-3-6-8-5-4-7-2/h3H,4-5H2,1-2H3/b6-3-. The minimum absolute atomic E-state index is 0.529. The summed E-state index contributed by atoms with van der Waals surface area (Å²) in [5, 5.41) is 3.50. The number of methoxy groups -OCH3 is 1. The van der Waals surface area contributed by atoms with Gasteiger partial charge in [0.05, 0.1) is 6.61 Å². The van der Waals surface area contributed by atoms with E-state index in [0.29, 0.717) is 13.2 Å². The first-order chi connectivity index (χ1) is 3.91. The molecular formula is C5H11NO2. The Balaban J connectivity index is 2.72. The SMILES string of the molecule is C/C=N\OCCOC. The highest BCUT2D eigenvalue weighted by atomic mass is 16.6. The lowest BCUT2D eigenvalue weighted by Crippen LogP contribution is -1.96. The topological polar surface area (TPSA) is 30.8 Å². The van der Waals surface area contributed by atoms with E-state index in [1.807, 2.05) is 0 Å². The summed E-state index contributed by atoms with van der Waals surface area (Å²) in [6.45, 7) is 2.92. The van der Waals surface area contributed by atoms with Crippen LogP contribution < -0.4 is 0 Å². The van der Waals surface area contributed by atoms with Crippen LogP contribution in [0, 0.1) is 0 Å². The van der Waals surface area contributed by atoms with Gasteiger partial charge >= 0.3 is 0 Å². The highest BCUT2D eigenvalue weighted by Gasteiger charge is 1.77. The molecule has 0 atom stereocenters. The van der Waals surface area contributed by atoms with Gasteiger partial charge < -0.3 is 9.57 Å². The largest absolute Gasteiger partial charge is 0.394 e. The number of nitrogens with zero attached hydrogens (tertiary/aromatic N) is 1. The predicted octanol–water partition coefficient (Wildman–Crippen LogP) is 0.655. The van der Waals surface area contributed by atoms with Crippen molar-refractivity contribution < 1.29 is 9.57 Å². The van der Waals surface area contributed by atoms with Crippen molar-refractivity contribution in [3.8, 4) is 0 Å². The molecular weight excluding hydrogens is 106 g/mol. The van der Waals surface area contributed by atoms with E-state index in [2.05, 4.69) is 14.7 Å². The summed E-state index contributed by atoms with van der Waals surface area (Å²) in [6, 6.07) is 0. The zero-order chi connectivity index (χ0) is 6.24. The minimum Gasteiger partial charge on any atom is -0.394 e. The molecule has 0 aromatic rings. The lowest BCUT2D eigenvalue weighted by Gasteiger charge is -1.94. The molecule has 0 saturated heterocycles. The van der Waals surface area contributed by atoms with Crippen LogP contribution in [0.3, 0.4) is 0 Å². The van der Waals surface area contributed by atoms with Crippen LogP contribution in [0.1, 0.15) is 6.92 Å². The Morgan fingerprint density at radius 2 is 2.25 bits per heavy atom. The highest BCUT2D eigenvalue weighted by molar-refractivity contribution is 5.52. The Hall–Kier alpha value is -0.570. The van der Waals surface area contributed by atoms with Gasteiger partial charge in [0.1, 0.15) is 6.61 Å². The van der Waals surface area contributed by atoms with Gasteiger partial charge in [-0.1, -0.05) is 5.16 Å². The first-order valence-corrected chi connectivity index (χ1v) is 2.50. The van der Waals surface area contributed by atoms with Crippen LogP contribution in [0.2, 0.25) is 0 Å². The molecule has 0 aliphatic carbocycles. The van der Waals surface area contributed by atoms with Crippen molar-refractivity contribution in [2.45, 2.75) is 6.92 Å². The zero-order valence-electron chi connectivity index (χ0n) is 5.26. The van der Waals surface area contributed by atoms with Gasteiger partial charge in [-0.2, -0.15) is 0 Å².